The third-order valence-electron chi connectivity index (χ3n) is 3.28. The molecule has 104 valence electrons. The largest absolute Gasteiger partial charge is 0.492 e. The molecule has 0 unspecified atom stereocenters. The number of hydrogen-bond donors (Lipinski definition) is 2. The summed E-state index contributed by atoms with van der Waals surface area (Å²) in [4.78, 5) is 19.6. The highest BCUT2D eigenvalue weighted by Gasteiger charge is 2.24. The summed E-state index contributed by atoms with van der Waals surface area (Å²) in [5.41, 5.74) is -0.0526. The highest BCUT2D eigenvalue weighted by atomic mass is 79.9. The molecule has 2 rings (SSSR count). The smallest absolute Gasteiger partial charge is 0.275 e. The van der Waals surface area contributed by atoms with Crippen LogP contribution < -0.4 is 5.32 Å². The van der Waals surface area contributed by atoms with Crippen molar-refractivity contribution in [3.63, 3.8) is 0 Å². The van der Waals surface area contributed by atoms with E-state index in [4.69, 9.17) is 4.74 Å². The minimum atomic E-state index is -0.396. The van der Waals surface area contributed by atoms with Crippen molar-refractivity contribution in [2.75, 3.05) is 7.11 Å². The number of ether oxygens (including phenoxy) is 1. The molecule has 0 aromatic carbocycles. The summed E-state index contributed by atoms with van der Waals surface area (Å²) < 4.78 is 5.70. The van der Waals surface area contributed by atoms with Crippen molar-refractivity contribution in [1.29, 1.82) is 0 Å². The van der Waals surface area contributed by atoms with Gasteiger partial charge in [0.15, 0.2) is 5.69 Å². The van der Waals surface area contributed by atoms with Crippen LogP contribution in [0.15, 0.2) is 10.8 Å². The Bertz CT molecular complexity index is 462. The molecule has 1 aromatic heterocycles. The molecule has 0 bridgehead atoms. The number of halogens is 1. The van der Waals surface area contributed by atoms with E-state index in [0.717, 1.165) is 25.7 Å². The number of amides is 1. The number of aromatic hydroxyl groups is 1. The fourth-order valence-electron chi connectivity index (χ4n) is 2.21. The van der Waals surface area contributed by atoms with E-state index in [1.807, 2.05) is 0 Å². The molecular formula is C12H16BrN3O3. The van der Waals surface area contributed by atoms with Gasteiger partial charge in [0.2, 0.25) is 5.88 Å². The van der Waals surface area contributed by atoms with Crippen molar-refractivity contribution in [2.45, 2.75) is 37.8 Å². The zero-order chi connectivity index (χ0) is 13.8. The van der Waals surface area contributed by atoms with Gasteiger partial charge in [0.1, 0.15) is 4.60 Å². The van der Waals surface area contributed by atoms with Gasteiger partial charge in [-0.3, -0.25) is 4.79 Å². The van der Waals surface area contributed by atoms with Crippen molar-refractivity contribution >= 4 is 21.8 Å². The molecule has 7 heteroatoms. The molecule has 1 aromatic rings. The molecule has 0 radical (unpaired) electrons. The maximum atomic E-state index is 12.0. The van der Waals surface area contributed by atoms with Crippen LogP contribution in [0, 0.1) is 0 Å². The molecule has 0 saturated heterocycles. The Labute approximate surface area is 119 Å². The van der Waals surface area contributed by atoms with E-state index >= 15 is 0 Å². The van der Waals surface area contributed by atoms with Gasteiger partial charge < -0.3 is 15.2 Å². The second-order valence-corrected chi connectivity index (χ2v) is 5.36. The first-order valence-corrected chi connectivity index (χ1v) is 6.94. The van der Waals surface area contributed by atoms with Crippen LogP contribution in [0.1, 0.15) is 36.2 Å². The average molecular weight is 330 g/mol. The molecule has 2 N–H and O–H groups in total. The number of rotatable bonds is 3. The molecule has 1 saturated carbocycles. The molecule has 1 amide bonds. The average Bonchev–Trinajstić information content (AvgIpc) is 2.42. The van der Waals surface area contributed by atoms with E-state index in [0.29, 0.717) is 4.60 Å². The summed E-state index contributed by atoms with van der Waals surface area (Å²) in [6, 6.07) is 0.0964. The minimum Gasteiger partial charge on any atom is -0.492 e. The Balaban J connectivity index is 1.96. The highest BCUT2D eigenvalue weighted by Crippen LogP contribution is 2.21. The molecule has 6 nitrogen and oxygen atoms in total. The lowest BCUT2D eigenvalue weighted by Gasteiger charge is -2.28. The van der Waals surface area contributed by atoms with Crippen molar-refractivity contribution in [3.05, 3.63) is 16.5 Å². The lowest BCUT2D eigenvalue weighted by atomic mass is 9.93. The van der Waals surface area contributed by atoms with Crippen LogP contribution in [0.5, 0.6) is 5.88 Å². The molecule has 1 aliphatic carbocycles. The fraction of sp³-hybridized carbons (Fsp3) is 0.583. The maximum absolute atomic E-state index is 12.0. The highest BCUT2D eigenvalue weighted by molar-refractivity contribution is 9.10. The summed E-state index contributed by atoms with van der Waals surface area (Å²) in [6.07, 6.45) is 5.22. The van der Waals surface area contributed by atoms with Crippen LogP contribution in [0.2, 0.25) is 0 Å². The van der Waals surface area contributed by atoms with Gasteiger partial charge in [-0.2, -0.15) is 0 Å². The predicted molar refractivity (Wildman–Crippen MR) is 71.9 cm³/mol. The minimum absolute atomic E-state index is 0.0526. The van der Waals surface area contributed by atoms with E-state index < -0.39 is 5.91 Å². The molecule has 1 fully saturated rings. The standard InChI is InChI=1S/C12H16BrN3O3/c1-19-8-4-2-7(3-5-8)15-12(18)10-11(17)14-6-9(13)16-10/h6-8H,2-5H2,1H3,(H,14,17)(H,15,18). The Kier molecular flexibility index (Phi) is 4.71. The van der Waals surface area contributed by atoms with Gasteiger partial charge in [-0.1, -0.05) is 0 Å². The van der Waals surface area contributed by atoms with Crippen LogP contribution >= 0.6 is 15.9 Å². The van der Waals surface area contributed by atoms with Crippen LogP contribution in [0.4, 0.5) is 0 Å². The molecule has 1 aliphatic rings. The van der Waals surface area contributed by atoms with Crippen LogP contribution in [-0.2, 0) is 4.74 Å². The number of methoxy groups -OCH3 is 1. The Morgan fingerprint density at radius 3 is 2.79 bits per heavy atom. The van der Waals surface area contributed by atoms with Crippen molar-refractivity contribution in [3.8, 4) is 5.88 Å². The number of nitrogens with one attached hydrogen (secondary N) is 1. The van der Waals surface area contributed by atoms with Gasteiger partial charge in [-0.05, 0) is 41.6 Å². The monoisotopic (exact) mass is 329 g/mol. The van der Waals surface area contributed by atoms with Crippen LogP contribution in [0.3, 0.4) is 0 Å². The van der Waals surface area contributed by atoms with Crippen LogP contribution in [0.25, 0.3) is 0 Å². The third-order valence-corrected chi connectivity index (χ3v) is 3.66. The summed E-state index contributed by atoms with van der Waals surface area (Å²) in [6.45, 7) is 0. The maximum Gasteiger partial charge on any atom is 0.275 e. The number of carbonyl (C=O) groups excluding carboxylic acids is 1. The number of carbonyl (C=O) groups is 1. The molecule has 0 aliphatic heterocycles. The topological polar surface area (TPSA) is 84.3 Å². The van der Waals surface area contributed by atoms with E-state index in [1.165, 1.54) is 6.20 Å². The van der Waals surface area contributed by atoms with Crippen molar-refractivity contribution in [2.24, 2.45) is 0 Å². The van der Waals surface area contributed by atoms with Gasteiger partial charge >= 0.3 is 0 Å². The summed E-state index contributed by atoms with van der Waals surface area (Å²) >= 11 is 3.13. The van der Waals surface area contributed by atoms with Gasteiger partial charge in [-0.25, -0.2) is 9.97 Å². The first-order chi connectivity index (χ1) is 9.10. The summed E-state index contributed by atoms with van der Waals surface area (Å²) in [5.74, 6) is -0.751. The third kappa shape index (κ3) is 3.63. The molecule has 19 heavy (non-hydrogen) atoms. The van der Waals surface area contributed by atoms with Crippen molar-refractivity contribution < 1.29 is 14.6 Å². The zero-order valence-corrected chi connectivity index (χ0v) is 12.2. The van der Waals surface area contributed by atoms with E-state index in [2.05, 4.69) is 31.2 Å². The molecule has 1 heterocycles. The van der Waals surface area contributed by atoms with E-state index in [1.54, 1.807) is 7.11 Å². The number of hydrogen-bond acceptors (Lipinski definition) is 5. The van der Waals surface area contributed by atoms with E-state index in [9.17, 15) is 9.90 Å². The fourth-order valence-corrected chi connectivity index (χ4v) is 2.49. The second-order valence-electron chi connectivity index (χ2n) is 4.55. The lowest BCUT2D eigenvalue weighted by Crippen LogP contribution is -2.39. The van der Waals surface area contributed by atoms with Gasteiger partial charge in [0, 0.05) is 13.2 Å². The second kappa shape index (κ2) is 6.29. The Morgan fingerprint density at radius 2 is 2.16 bits per heavy atom. The van der Waals surface area contributed by atoms with E-state index in [-0.39, 0.29) is 23.7 Å². The van der Waals surface area contributed by atoms with Crippen LogP contribution in [-0.4, -0.2) is 40.2 Å². The molecule has 0 atom stereocenters. The zero-order valence-electron chi connectivity index (χ0n) is 10.6. The molecular weight excluding hydrogens is 314 g/mol. The summed E-state index contributed by atoms with van der Waals surface area (Å²) in [5, 5.41) is 12.4. The SMILES string of the molecule is COC1CCC(NC(=O)c2nc(Br)cnc2O)CC1. The number of aromatic nitrogens is 2. The van der Waals surface area contributed by atoms with Gasteiger partial charge in [0.25, 0.3) is 5.91 Å². The summed E-state index contributed by atoms with van der Waals surface area (Å²) in [7, 11) is 1.71. The predicted octanol–water partition coefficient (Wildman–Crippen LogP) is 1.63. The number of nitrogens with zero attached hydrogens (tertiary/aromatic N) is 2. The van der Waals surface area contributed by atoms with Gasteiger partial charge in [-0.15, -0.1) is 0 Å². The van der Waals surface area contributed by atoms with Crippen molar-refractivity contribution in [1.82, 2.24) is 15.3 Å². The Hall–Kier alpha value is -1.21. The first kappa shape index (κ1) is 14.2. The lowest BCUT2D eigenvalue weighted by molar-refractivity contribution is 0.0597. The quantitative estimate of drug-likeness (QED) is 0.880. The molecule has 0 spiro atoms. The van der Waals surface area contributed by atoms with Gasteiger partial charge in [0.05, 0.1) is 12.3 Å². The Morgan fingerprint density at radius 1 is 1.47 bits per heavy atom. The first-order valence-electron chi connectivity index (χ1n) is 6.15. The normalized spacial score (nSPS) is 23.1.